The zero-order chi connectivity index (χ0) is 23.0. The van der Waals surface area contributed by atoms with Crippen LogP contribution in [0.1, 0.15) is 48.6 Å². The molecule has 3 aromatic carbocycles. The molecule has 32 heavy (non-hydrogen) atoms. The van der Waals surface area contributed by atoms with Gasteiger partial charge in [-0.15, -0.1) is 0 Å². The van der Waals surface area contributed by atoms with Crippen LogP contribution in [0.3, 0.4) is 0 Å². The molecule has 0 unspecified atom stereocenters. The number of hydrogen-bond acceptors (Lipinski definition) is 4. The molecule has 0 aliphatic rings. The molecular formula is C28H34O4. The van der Waals surface area contributed by atoms with Crippen LogP contribution in [0.2, 0.25) is 0 Å². The van der Waals surface area contributed by atoms with Gasteiger partial charge in [0.05, 0.1) is 13.2 Å². The molecule has 4 heteroatoms. The van der Waals surface area contributed by atoms with E-state index in [2.05, 4.69) is 69.3 Å². The maximum atomic E-state index is 9.15. The highest BCUT2D eigenvalue weighted by atomic mass is 16.5. The van der Waals surface area contributed by atoms with Crippen LogP contribution in [-0.4, -0.2) is 36.6 Å². The first kappa shape index (κ1) is 23.8. The van der Waals surface area contributed by atoms with Gasteiger partial charge in [-0.2, -0.15) is 0 Å². The Balaban J connectivity index is 2.15. The molecule has 0 fully saturated rings. The first-order chi connectivity index (χ1) is 15.6. The summed E-state index contributed by atoms with van der Waals surface area (Å²) in [4.78, 5) is 0. The van der Waals surface area contributed by atoms with Crippen molar-refractivity contribution >= 4 is 0 Å². The highest BCUT2D eigenvalue weighted by Gasteiger charge is 2.32. The van der Waals surface area contributed by atoms with E-state index in [0.29, 0.717) is 0 Å². The van der Waals surface area contributed by atoms with E-state index in [4.69, 9.17) is 19.7 Å². The molecule has 0 heterocycles. The third-order valence-corrected chi connectivity index (χ3v) is 6.09. The quantitative estimate of drug-likeness (QED) is 0.421. The van der Waals surface area contributed by atoms with E-state index in [1.807, 2.05) is 18.2 Å². The molecule has 2 N–H and O–H groups in total. The second kappa shape index (κ2) is 11.2. The lowest BCUT2D eigenvalue weighted by Crippen LogP contribution is -2.26. The Bertz CT molecular complexity index is 938. The Morgan fingerprint density at radius 1 is 0.656 bits per heavy atom. The van der Waals surface area contributed by atoms with Crippen LogP contribution in [-0.2, 0) is 18.3 Å². The summed E-state index contributed by atoms with van der Waals surface area (Å²) in [5, 5.41) is 18.3. The van der Waals surface area contributed by atoms with Gasteiger partial charge in [-0.25, -0.2) is 0 Å². The van der Waals surface area contributed by atoms with Crippen molar-refractivity contribution in [3.8, 4) is 11.5 Å². The highest BCUT2D eigenvalue weighted by Crippen LogP contribution is 2.41. The van der Waals surface area contributed by atoms with Crippen molar-refractivity contribution in [3.63, 3.8) is 0 Å². The van der Waals surface area contributed by atoms with Crippen molar-refractivity contribution in [1.29, 1.82) is 0 Å². The number of aliphatic hydroxyl groups excluding tert-OH is 2. The van der Waals surface area contributed by atoms with Crippen molar-refractivity contribution in [2.24, 2.45) is 0 Å². The Labute approximate surface area is 191 Å². The van der Waals surface area contributed by atoms with Crippen molar-refractivity contribution in [2.45, 2.75) is 39.0 Å². The second-order valence-corrected chi connectivity index (χ2v) is 7.99. The normalized spacial score (nSPS) is 11.4. The number of aliphatic hydroxyl groups is 2. The number of benzene rings is 3. The highest BCUT2D eigenvalue weighted by molar-refractivity contribution is 5.54. The summed E-state index contributed by atoms with van der Waals surface area (Å²) in [7, 11) is 0. The molecule has 0 amide bonds. The molecule has 0 spiro atoms. The van der Waals surface area contributed by atoms with E-state index >= 15 is 0 Å². The zero-order valence-corrected chi connectivity index (χ0v) is 19.3. The summed E-state index contributed by atoms with van der Waals surface area (Å²) < 4.78 is 11.5. The third kappa shape index (κ3) is 4.98. The molecule has 0 aliphatic carbocycles. The van der Waals surface area contributed by atoms with Crippen LogP contribution >= 0.6 is 0 Å². The Morgan fingerprint density at radius 3 is 1.53 bits per heavy atom. The van der Waals surface area contributed by atoms with E-state index in [0.717, 1.165) is 35.5 Å². The summed E-state index contributed by atoms with van der Waals surface area (Å²) in [5.74, 6) is 1.64. The summed E-state index contributed by atoms with van der Waals surface area (Å²) >= 11 is 0. The smallest absolute Gasteiger partial charge is 0.122 e. The van der Waals surface area contributed by atoms with E-state index < -0.39 is 0 Å². The molecule has 0 saturated heterocycles. The maximum absolute atomic E-state index is 9.15. The minimum Gasteiger partial charge on any atom is -0.491 e. The summed E-state index contributed by atoms with van der Waals surface area (Å²) in [6, 6.07) is 23.3. The average Bonchev–Trinajstić information content (AvgIpc) is 2.85. The van der Waals surface area contributed by atoms with Gasteiger partial charge in [0, 0.05) is 5.41 Å². The van der Waals surface area contributed by atoms with E-state index in [1.165, 1.54) is 16.7 Å². The summed E-state index contributed by atoms with van der Waals surface area (Å²) in [6.07, 6.45) is 1.68. The van der Waals surface area contributed by atoms with Crippen molar-refractivity contribution in [2.75, 3.05) is 26.4 Å². The molecule has 3 rings (SSSR count). The van der Waals surface area contributed by atoms with Gasteiger partial charge in [-0.1, -0.05) is 68.4 Å². The first-order valence-corrected chi connectivity index (χ1v) is 11.4. The molecule has 4 nitrogen and oxygen atoms in total. The SMILES string of the molecule is CCc1cc(C(C)(c2ccccc2)c2ccc(OCCO)c(CC)c2)ccc1OCCO. The Morgan fingerprint density at radius 2 is 1.12 bits per heavy atom. The van der Waals surface area contributed by atoms with Gasteiger partial charge >= 0.3 is 0 Å². The zero-order valence-electron chi connectivity index (χ0n) is 19.3. The fourth-order valence-electron chi connectivity index (χ4n) is 4.20. The lowest BCUT2D eigenvalue weighted by atomic mass is 9.70. The minimum atomic E-state index is -0.375. The fraction of sp³-hybridized carbons (Fsp3) is 0.357. The van der Waals surface area contributed by atoms with Crippen LogP contribution in [0.4, 0.5) is 0 Å². The second-order valence-electron chi connectivity index (χ2n) is 7.99. The molecule has 0 bridgehead atoms. The maximum Gasteiger partial charge on any atom is 0.122 e. The van der Waals surface area contributed by atoms with Crippen molar-refractivity contribution in [3.05, 3.63) is 94.5 Å². The number of rotatable bonds is 11. The Kier molecular flexibility index (Phi) is 8.32. The molecule has 0 saturated carbocycles. The van der Waals surface area contributed by atoms with Crippen molar-refractivity contribution in [1.82, 2.24) is 0 Å². The molecule has 0 radical (unpaired) electrons. The van der Waals surface area contributed by atoms with Gasteiger partial charge in [0.15, 0.2) is 0 Å². The van der Waals surface area contributed by atoms with E-state index in [1.54, 1.807) is 0 Å². The molecule has 3 aromatic rings. The van der Waals surface area contributed by atoms with Gasteiger partial charge in [-0.3, -0.25) is 0 Å². The third-order valence-electron chi connectivity index (χ3n) is 6.09. The molecule has 0 aliphatic heterocycles. The van der Waals surface area contributed by atoms with Crippen LogP contribution in [0.15, 0.2) is 66.7 Å². The monoisotopic (exact) mass is 434 g/mol. The number of hydrogen-bond donors (Lipinski definition) is 2. The predicted molar refractivity (Wildman–Crippen MR) is 129 cm³/mol. The standard InChI is InChI=1S/C28H34O4/c1-4-21-19-24(11-13-26(21)31-17-15-29)28(3,23-9-7-6-8-10-23)25-12-14-27(32-18-16-30)22(5-2)20-25/h6-14,19-20,29-30H,4-5,15-18H2,1-3H3. The van der Waals surface area contributed by atoms with Crippen LogP contribution < -0.4 is 9.47 Å². The number of ether oxygens (including phenoxy) is 2. The summed E-state index contributed by atoms with van der Waals surface area (Å²) in [5.41, 5.74) is 5.44. The lowest BCUT2D eigenvalue weighted by Gasteiger charge is -2.33. The van der Waals surface area contributed by atoms with Gasteiger partial charge in [0.1, 0.15) is 24.7 Å². The molecule has 0 aromatic heterocycles. The topological polar surface area (TPSA) is 58.9 Å². The average molecular weight is 435 g/mol. The first-order valence-electron chi connectivity index (χ1n) is 11.4. The minimum absolute atomic E-state index is 0.00285. The largest absolute Gasteiger partial charge is 0.491 e. The van der Waals surface area contributed by atoms with Crippen LogP contribution in [0, 0.1) is 0 Å². The molecule has 170 valence electrons. The van der Waals surface area contributed by atoms with E-state index in [-0.39, 0.29) is 31.8 Å². The Hall–Kier alpha value is -2.82. The molecular weight excluding hydrogens is 400 g/mol. The van der Waals surface area contributed by atoms with Crippen molar-refractivity contribution < 1.29 is 19.7 Å². The number of aryl methyl sites for hydroxylation is 2. The van der Waals surface area contributed by atoms with Crippen LogP contribution in [0.25, 0.3) is 0 Å². The predicted octanol–water partition coefficient (Wildman–Crippen LogP) is 4.91. The fourth-order valence-corrected chi connectivity index (χ4v) is 4.20. The molecule has 0 atom stereocenters. The van der Waals surface area contributed by atoms with Gasteiger partial charge in [0.2, 0.25) is 0 Å². The van der Waals surface area contributed by atoms with Crippen LogP contribution in [0.5, 0.6) is 11.5 Å². The van der Waals surface area contributed by atoms with Gasteiger partial charge < -0.3 is 19.7 Å². The van der Waals surface area contributed by atoms with E-state index in [9.17, 15) is 0 Å². The summed E-state index contributed by atoms with van der Waals surface area (Å²) in [6.45, 7) is 7.07. The van der Waals surface area contributed by atoms with Gasteiger partial charge in [0.25, 0.3) is 0 Å². The van der Waals surface area contributed by atoms with Gasteiger partial charge in [-0.05, 0) is 59.7 Å². The lowest BCUT2D eigenvalue weighted by molar-refractivity contribution is 0.200.